The molecule has 1 unspecified atom stereocenters. The van der Waals surface area contributed by atoms with Crippen molar-refractivity contribution >= 4 is 12.1 Å². The van der Waals surface area contributed by atoms with Crippen molar-refractivity contribution in [3.05, 3.63) is 11.8 Å². The first kappa shape index (κ1) is 25.1. The van der Waals surface area contributed by atoms with Gasteiger partial charge >= 0.3 is 0 Å². The van der Waals surface area contributed by atoms with E-state index in [0.29, 0.717) is 12.2 Å². The van der Waals surface area contributed by atoms with Crippen molar-refractivity contribution in [2.24, 2.45) is 24.6 Å². The second-order valence-electron chi connectivity index (χ2n) is 5.21. The van der Waals surface area contributed by atoms with Gasteiger partial charge in [0.15, 0.2) is 0 Å². The molecule has 0 saturated heterocycles. The average Bonchev–Trinajstić information content (AvgIpc) is 2.73. The molecule has 0 fully saturated rings. The third kappa shape index (κ3) is 9.94. The fraction of sp³-hybridized carbons (Fsp3) is 0.688. The number of nitrogens with zero attached hydrogens (tertiary/aromatic N) is 3. The summed E-state index contributed by atoms with van der Waals surface area (Å²) >= 11 is 0. The van der Waals surface area contributed by atoms with Crippen LogP contribution in [0.25, 0.3) is 0 Å². The molecule has 1 aromatic heterocycles. The number of nitriles is 1. The van der Waals surface area contributed by atoms with E-state index in [-0.39, 0.29) is 13.3 Å². The van der Waals surface area contributed by atoms with Crippen molar-refractivity contribution in [3.63, 3.8) is 0 Å². The molecule has 1 atom stereocenters. The number of nitrogen functional groups attached to an aromatic ring is 1. The minimum absolute atomic E-state index is 0. The van der Waals surface area contributed by atoms with Gasteiger partial charge in [-0.05, 0) is 18.4 Å². The Morgan fingerprint density at radius 2 is 1.86 bits per heavy atom. The van der Waals surface area contributed by atoms with Crippen LogP contribution in [-0.4, -0.2) is 22.6 Å². The van der Waals surface area contributed by atoms with E-state index in [9.17, 15) is 4.79 Å². The lowest BCUT2D eigenvalue weighted by Crippen LogP contribution is -2.06. The Morgan fingerprint density at radius 1 is 1.41 bits per heavy atom. The highest BCUT2D eigenvalue weighted by Gasteiger charge is 2.08. The molecule has 6 heteroatoms. The van der Waals surface area contributed by atoms with Gasteiger partial charge in [-0.2, -0.15) is 10.4 Å². The van der Waals surface area contributed by atoms with E-state index in [1.165, 1.54) is 0 Å². The molecule has 0 aliphatic carbocycles. The SMILES string of the molecule is C.CC(C)C(C#N)C=O.CC(C)c1cnn(C)c1N.CCN. The number of carbonyl (C=O) groups excluding carboxylic acids is 1. The first-order valence-corrected chi connectivity index (χ1v) is 7.08. The van der Waals surface area contributed by atoms with Crippen LogP contribution >= 0.6 is 0 Å². The molecule has 0 aliphatic rings. The molecule has 4 N–H and O–H groups in total. The van der Waals surface area contributed by atoms with Crippen molar-refractivity contribution in [2.75, 3.05) is 12.3 Å². The predicted molar refractivity (Wildman–Crippen MR) is 93.2 cm³/mol. The Morgan fingerprint density at radius 3 is 1.95 bits per heavy atom. The predicted octanol–water partition coefficient (Wildman–Crippen LogP) is 2.71. The quantitative estimate of drug-likeness (QED) is 0.834. The van der Waals surface area contributed by atoms with Crippen LogP contribution in [0.4, 0.5) is 5.82 Å². The Labute approximate surface area is 135 Å². The summed E-state index contributed by atoms with van der Waals surface area (Å²) in [5.74, 6) is 0.969. The van der Waals surface area contributed by atoms with Crippen LogP contribution in [0.2, 0.25) is 0 Å². The van der Waals surface area contributed by atoms with Gasteiger partial charge in [0.05, 0.1) is 12.3 Å². The zero-order valence-electron chi connectivity index (χ0n) is 14.0. The lowest BCUT2D eigenvalue weighted by Gasteiger charge is -2.01. The van der Waals surface area contributed by atoms with Crippen LogP contribution < -0.4 is 11.5 Å². The second kappa shape index (κ2) is 14.1. The number of hydrogen-bond acceptors (Lipinski definition) is 5. The summed E-state index contributed by atoms with van der Waals surface area (Å²) in [5, 5.41) is 12.2. The molecule has 128 valence electrons. The minimum Gasteiger partial charge on any atom is -0.384 e. The van der Waals surface area contributed by atoms with Gasteiger partial charge < -0.3 is 16.3 Å². The Kier molecular flexibility index (Phi) is 16.1. The summed E-state index contributed by atoms with van der Waals surface area (Å²) in [4.78, 5) is 9.96. The number of nitrogens with two attached hydrogens (primary N) is 2. The summed E-state index contributed by atoms with van der Waals surface area (Å²) in [6.45, 7) is 10.6. The van der Waals surface area contributed by atoms with Crippen LogP contribution in [0.3, 0.4) is 0 Å². The molecule has 1 aromatic rings. The maximum Gasteiger partial charge on any atom is 0.137 e. The number of aldehydes is 1. The highest BCUT2D eigenvalue weighted by molar-refractivity contribution is 5.57. The average molecular weight is 311 g/mol. The lowest BCUT2D eigenvalue weighted by molar-refractivity contribution is -0.110. The third-order valence-corrected chi connectivity index (χ3v) is 2.65. The van der Waals surface area contributed by atoms with E-state index in [1.807, 2.05) is 40.1 Å². The standard InChI is InChI=1S/C7H13N3.C6H9NO.C2H7N.CH4/c1-5(2)6-4-9-10(3)7(6)8;1-5(2)6(3-7)4-8;1-2-3;/h4-5H,8H2,1-3H3;4-6H,1-2H3;2-3H2,1H3;1H4. The fourth-order valence-electron chi connectivity index (χ4n) is 1.25. The van der Waals surface area contributed by atoms with Gasteiger partial charge in [0.1, 0.15) is 18.0 Å². The minimum atomic E-state index is -0.421. The Bertz CT molecular complexity index is 432. The van der Waals surface area contributed by atoms with Crippen molar-refractivity contribution < 1.29 is 4.79 Å². The van der Waals surface area contributed by atoms with Crippen molar-refractivity contribution in [1.82, 2.24) is 9.78 Å². The molecular formula is C16H33N5O. The fourth-order valence-corrected chi connectivity index (χ4v) is 1.25. The van der Waals surface area contributed by atoms with Crippen LogP contribution in [-0.2, 0) is 11.8 Å². The van der Waals surface area contributed by atoms with Crippen molar-refractivity contribution in [3.8, 4) is 6.07 Å². The second-order valence-corrected chi connectivity index (χ2v) is 5.21. The molecule has 0 saturated carbocycles. The number of aromatic nitrogens is 2. The van der Waals surface area contributed by atoms with Gasteiger partial charge in [-0.25, -0.2) is 0 Å². The molecule has 0 bridgehead atoms. The zero-order valence-corrected chi connectivity index (χ0v) is 14.0. The number of hydrogen-bond donors (Lipinski definition) is 2. The summed E-state index contributed by atoms with van der Waals surface area (Å²) in [6.07, 6.45) is 2.50. The van der Waals surface area contributed by atoms with E-state index in [2.05, 4.69) is 18.9 Å². The van der Waals surface area contributed by atoms with Crippen molar-refractivity contribution in [1.29, 1.82) is 5.26 Å². The maximum absolute atomic E-state index is 9.96. The molecule has 0 radical (unpaired) electrons. The van der Waals surface area contributed by atoms with E-state index in [1.54, 1.807) is 4.68 Å². The summed E-state index contributed by atoms with van der Waals surface area (Å²) in [5.41, 5.74) is 11.7. The first-order chi connectivity index (χ1) is 9.76. The van der Waals surface area contributed by atoms with E-state index < -0.39 is 5.92 Å². The number of anilines is 1. The number of carbonyl (C=O) groups is 1. The topological polar surface area (TPSA) is 111 Å². The number of aryl methyl sites for hydroxylation is 1. The van der Waals surface area contributed by atoms with Crippen molar-refractivity contribution in [2.45, 2.75) is 48.0 Å². The molecule has 6 nitrogen and oxygen atoms in total. The molecular weight excluding hydrogens is 278 g/mol. The summed E-state index contributed by atoms with van der Waals surface area (Å²) in [7, 11) is 1.85. The monoisotopic (exact) mass is 311 g/mol. The third-order valence-electron chi connectivity index (χ3n) is 2.65. The highest BCUT2D eigenvalue weighted by Crippen LogP contribution is 2.19. The Balaban J connectivity index is -0.000000273. The van der Waals surface area contributed by atoms with Crippen LogP contribution in [0.5, 0.6) is 0 Å². The van der Waals surface area contributed by atoms with Gasteiger partial charge in [-0.3, -0.25) is 4.68 Å². The van der Waals surface area contributed by atoms with E-state index in [0.717, 1.165) is 17.9 Å². The first-order valence-electron chi connectivity index (χ1n) is 7.08. The Hall–Kier alpha value is -1.87. The lowest BCUT2D eigenvalue weighted by atomic mass is 10.00. The highest BCUT2D eigenvalue weighted by atomic mass is 16.1. The molecule has 1 rings (SSSR count). The molecule has 22 heavy (non-hydrogen) atoms. The largest absolute Gasteiger partial charge is 0.384 e. The van der Waals surface area contributed by atoms with Crippen LogP contribution in [0, 0.1) is 23.2 Å². The normalized spacial score (nSPS) is 10.4. The van der Waals surface area contributed by atoms with Gasteiger partial charge in [0.2, 0.25) is 0 Å². The molecule has 1 heterocycles. The zero-order chi connectivity index (χ0) is 17.0. The van der Waals surface area contributed by atoms with Gasteiger partial charge in [0, 0.05) is 12.6 Å². The summed E-state index contributed by atoms with van der Waals surface area (Å²) in [6, 6.07) is 1.88. The molecule has 0 amide bonds. The molecule has 0 aromatic carbocycles. The maximum atomic E-state index is 9.96. The van der Waals surface area contributed by atoms with E-state index >= 15 is 0 Å². The summed E-state index contributed by atoms with van der Waals surface area (Å²) < 4.78 is 1.69. The number of rotatable bonds is 3. The van der Waals surface area contributed by atoms with Gasteiger partial charge in [-0.1, -0.05) is 42.0 Å². The molecule has 0 aliphatic heterocycles. The smallest absolute Gasteiger partial charge is 0.137 e. The van der Waals surface area contributed by atoms with Gasteiger partial charge in [0.25, 0.3) is 0 Å². The van der Waals surface area contributed by atoms with Gasteiger partial charge in [-0.15, -0.1) is 0 Å². The molecule has 0 spiro atoms. The van der Waals surface area contributed by atoms with Crippen LogP contribution in [0.1, 0.15) is 53.5 Å². The van der Waals surface area contributed by atoms with Crippen LogP contribution in [0.15, 0.2) is 6.20 Å². The van der Waals surface area contributed by atoms with E-state index in [4.69, 9.17) is 16.7 Å².